The Hall–Kier alpha value is -2.91. The molecule has 1 saturated heterocycles. The predicted molar refractivity (Wildman–Crippen MR) is 112 cm³/mol. The fourth-order valence-electron chi connectivity index (χ4n) is 3.90. The van der Waals surface area contributed by atoms with Crippen LogP contribution in [0.25, 0.3) is 17.2 Å². The summed E-state index contributed by atoms with van der Waals surface area (Å²) in [6.07, 6.45) is 7.49. The van der Waals surface area contributed by atoms with Gasteiger partial charge in [0.25, 0.3) is 0 Å². The molecule has 1 atom stereocenters. The maximum Gasteiger partial charge on any atom is 0.248 e. The van der Waals surface area contributed by atoms with Crippen LogP contribution in [0.2, 0.25) is 0 Å². The summed E-state index contributed by atoms with van der Waals surface area (Å²) in [6, 6.07) is 4.89. The Morgan fingerprint density at radius 1 is 1.26 bits per heavy atom. The molecular weight excluding hydrogens is 401 g/mol. The van der Waals surface area contributed by atoms with Gasteiger partial charge in [0.05, 0.1) is 19.4 Å². The molecule has 4 heterocycles. The van der Waals surface area contributed by atoms with E-state index in [4.69, 9.17) is 14.5 Å². The van der Waals surface area contributed by atoms with E-state index >= 15 is 0 Å². The van der Waals surface area contributed by atoms with Crippen molar-refractivity contribution in [3.8, 4) is 11.5 Å². The first-order valence-electron chi connectivity index (χ1n) is 10.4. The Morgan fingerprint density at radius 3 is 3.03 bits per heavy atom. The average molecular weight is 427 g/mol. The predicted octanol–water partition coefficient (Wildman–Crippen LogP) is 2.37. The van der Waals surface area contributed by atoms with Gasteiger partial charge in [-0.1, -0.05) is 0 Å². The number of rotatable bonds is 8. The molecule has 0 radical (unpaired) electrons. The van der Waals surface area contributed by atoms with E-state index in [2.05, 4.69) is 9.97 Å². The Bertz CT molecular complexity index is 1040. The molecule has 3 aromatic heterocycles. The molecule has 8 nitrogen and oxygen atoms in total. The van der Waals surface area contributed by atoms with Crippen molar-refractivity contribution in [2.45, 2.75) is 19.3 Å². The van der Waals surface area contributed by atoms with Gasteiger partial charge in [-0.3, -0.25) is 9.20 Å². The van der Waals surface area contributed by atoms with Crippen molar-refractivity contribution in [3.63, 3.8) is 0 Å². The summed E-state index contributed by atoms with van der Waals surface area (Å²) in [5, 5.41) is 0. The number of hydrogen-bond donors (Lipinski definition) is 0. The van der Waals surface area contributed by atoms with Crippen LogP contribution >= 0.6 is 0 Å². The maximum atomic E-state index is 13.7. The highest BCUT2D eigenvalue weighted by Crippen LogP contribution is 2.22. The number of aromatic nitrogens is 4. The van der Waals surface area contributed by atoms with E-state index in [9.17, 15) is 9.18 Å². The van der Waals surface area contributed by atoms with Crippen molar-refractivity contribution in [1.29, 1.82) is 0 Å². The van der Waals surface area contributed by atoms with E-state index < -0.39 is 0 Å². The van der Waals surface area contributed by atoms with Crippen LogP contribution in [-0.4, -0.2) is 70.2 Å². The summed E-state index contributed by atoms with van der Waals surface area (Å²) in [7, 11) is 1.60. The van der Waals surface area contributed by atoms with Crippen LogP contribution in [0.3, 0.4) is 0 Å². The number of nitrogens with zero attached hydrogens (tertiary/aromatic N) is 5. The quantitative estimate of drug-likeness (QED) is 0.514. The van der Waals surface area contributed by atoms with Gasteiger partial charge in [-0.15, -0.1) is 0 Å². The van der Waals surface area contributed by atoms with Crippen molar-refractivity contribution in [3.05, 3.63) is 48.3 Å². The molecule has 1 aliphatic rings. The number of likely N-dealkylation sites (tertiary alicyclic amines) is 1. The first-order valence-corrected chi connectivity index (χ1v) is 10.4. The standard InChI is InChI=1S/C22H26FN5O3/c1-30-9-10-31-15-21(29)27-8-2-3-16(13-27)11-18-6-7-24-22(26-18)19-12-25-20-5-4-17(23)14-28(19)20/h4-7,12,14,16H,2-3,8-11,13,15H2,1H3/t16-/m0/s1. The Kier molecular flexibility index (Phi) is 6.83. The molecule has 0 bridgehead atoms. The lowest BCUT2D eigenvalue weighted by Crippen LogP contribution is -2.42. The summed E-state index contributed by atoms with van der Waals surface area (Å²) in [4.78, 5) is 27.6. The number of methoxy groups -OCH3 is 1. The van der Waals surface area contributed by atoms with E-state index in [0.717, 1.165) is 31.5 Å². The van der Waals surface area contributed by atoms with Crippen LogP contribution in [0.1, 0.15) is 18.5 Å². The third kappa shape index (κ3) is 5.23. The van der Waals surface area contributed by atoms with Crippen molar-refractivity contribution < 1.29 is 18.7 Å². The molecule has 0 aliphatic carbocycles. The van der Waals surface area contributed by atoms with Crippen LogP contribution in [0.5, 0.6) is 0 Å². The highest BCUT2D eigenvalue weighted by molar-refractivity contribution is 5.77. The number of halogens is 1. The Labute approximate surface area is 180 Å². The molecule has 0 aromatic carbocycles. The van der Waals surface area contributed by atoms with Crippen molar-refractivity contribution in [2.24, 2.45) is 5.92 Å². The first-order chi connectivity index (χ1) is 15.1. The van der Waals surface area contributed by atoms with Crippen LogP contribution < -0.4 is 0 Å². The van der Waals surface area contributed by atoms with Gasteiger partial charge in [-0.05, 0) is 43.4 Å². The van der Waals surface area contributed by atoms with Gasteiger partial charge in [0.15, 0.2) is 5.82 Å². The second kappa shape index (κ2) is 9.93. The number of hydrogen-bond acceptors (Lipinski definition) is 6. The van der Waals surface area contributed by atoms with Crippen molar-refractivity contribution >= 4 is 11.6 Å². The van der Waals surface area contributed by atoms with Gasteiger partial charge >= 0.3 is 0 Å². The van der Waals surface area contributed by atoms with E-state index in [1.165, 1.54) is 12.3 Å². The minimum atomic E-state index is -0.346. The zero-order chi connectivity index (χ0) is 21.6. The molecule has 164 valence electrons. The zero-order valence-electron chi connectivity index (χ0n) is 17.5. The fraction of sp³-hybridized carbons (Fsp3) is 0.455. The normalized spacial score (nSPS) is 16.7. The van der Waals surface area contributed by atoms with Gasteiger partial charge in [0.2, 0.25) is 5.91 Å². The molecule has 0 unspecified atom stereocenters. The summed E-state index contributed by atoms with van der Waals surface area (Å²) in [5.74, 6) is 0.489. The van der Waals surface area contributed by atoms with Crippen molar-refractivity contribution in [1.82, 2.24) is 24.3 Å². The van der Waals surface area contributed by atoms with Crippen LogP contribution in [0.15, 0.2) is 36.8 Å². The summed E-state index contributed by atoms with van der Waals surface area (Å²) in [6.45, 7) is 2.41. The molecule has 0 N–H and O–H groups in total. The lowest BCUT2D eigenvalue weighted by Gasteiger charge is -2.32. The number of carbonyl (C=O) groups is 1. The van der Waals surface area contributed by atoms with E-state index in [1.54, 1.807) is 30.0 Å². The molecule has 31 heavy (non-hydrogen) atoms. The van der Waals surface area contributed by atoms with Crippen molar-refractivity contribution in [2.75, 3.05) is 40.0 Å². The van der Waals surface area contributed by atoms with Gasteiger partial charge < -0.3 is 14.4 Å². The highest BCUT2D eigenvalue weighted by atomic mass is 19.1. The Morgan fingerprint density at radius 2 is 2.16 bits per heavy atom. The van der Waals surface area contributed by atoms with Crippen LogP contribution in [0.4, 0.5) is 4.39 Å². The number of pyridine rings is 1. The van der Waals surface area contributed by atoms with Crippen LogP contribution in [0, 0.1) is 11.7 Å². The smallest absolute Gasteiger partial charge is 0.248 e. The van der Waals surface area contributed by atoms with Gasteiger partial charge in [-0.2, -0.15) is 0 Å². The zero-order valence-corrected chi connectivity index (χ0v) is 17.5. The second-order valence-corrected chi connectivity index (χ2v) is 7.69. The summed E-state index contributed by atoms with van der Waals surface area (Å²) >= 11 is 0. The number of amides is 1. The summed E-state index contributed by atoms with van der Waals surface area (Å²) in [5.41, 5.74) is 2.18. The largest absolute Gasteiger partial charge is 0.382 e. The number of carbonyl (C=O) groups excluding carboxylic acids is 1. The SMILES string of the molecule is COCCOCC(=O)N1CCC[C@@H](Cc2ccnc(-c3cnc4ccc(F)cn34)n2)C1. The molecule has 0 spiro atoms. The second-order valence-electron chi connectivity index (χ2n) is 7.69. The maximum absolute atomic E-state index is 13.7. The number of ether oxygens (including phenoxy) is 2. The molecular formula is C22H26FN5O3. The number of imidazole rings is 1. The fourth-order valence-corrected chi connectivity index (χ4v) is 3.90. The first kappa shape index (κ1) is 21.3. The molecule has 0 saturated carbocycles. The third-order valence-electron chi connectivity index (χ3n) is 5.44. The van der Waals surface area contributed by atoms with Gasteiger partial charge in [0, 0.05) is 38.3 Å². The van der Waals surface area contributed by atoms with E-state index in [0.29, 0.717) is 42.8 Å². The minimum Gasteiger partial charge on any atom is -0.382 e. The molecule has 4 rings (SSSR count). The lowest BCUT2D eigenvalue weighted by atomic mass is 9.93. The van der Waals surface area contributed by atoms with Crippen LogP contribution in [-0.2, 0) is 20.7 Å². The molecule has 1 aliphatic heterocycles. The van der Waals surface area contributed by atoms with E-state index in [-0.39, 0.29) is 18.3 Å². The topological polar surface area (TPSA) is 81.9 Å². The number of fused-ring (bicyclic) bond motifs is 1. The molecule has 1 fully saturated rings. The summed E-state index contributed by atoms with van der Waals surface area (Å²) < 4.78 is 25.6. The average Bonchev–Trinajstić information content (AvgIpc) is 3.20. The minimum absolute atomic E-state index is 0.0111. The number of piperidine rings is 1. The highest BCUT2D eigenvalue weighted by Gasteiger charge is 2.24. The lowest BCUT2D eigenvalue weighted by molar-refractivity contribution is -0.138. The van der Waals surface area contributed by atoms with E-state index in [1.807, 2.05) is 11.0 Å². The Balaban J connectivity index is 1.41. The molecule has 1 amide bonds. The van der Waals surface area contributed by atoms with Gasteiger partial charge in [-0.25, -0.2) is 19.3 Å². The molecule has 9 heteroatoms. The van der Waals surface area contributed by atoms with Gasteiger partial charge in [0.1, 0.15) is 23.8 Å². The monoisotopic (exact) mass is 427 g/mol. The third-order valence-corrected chi connectivity index (χ3v) is 5.44. The molecule has 3 aromatic rings.